The van der Waals surface area contributed by atoms with Gasteiger partial charge >= 0.3 is 5.97 Å². The minimum absolute atomic E-state index is 0.00483. The predicted molar refractivity (Wildman–Crippen MR) is 107 cm³/mol. The summed E-state index contributed by atoms with van der Waals surface area (Å²) in [5.74, 6) is 1.65. The summed E-state index contributed by atoms with van der Waals surface area (Å²) in [6.07, 6.45) is 0. The molecule has 0 aliphatic carbocycles. The van der Waals surface area contributed by atoms with Crippen molar-refractivity contribution in [2.75, 3.05) is 19.9 Å². The maximum atomic E-state index is 12.3. The zero-order valence-electron chi connectivity index (χ0n) is 15.4. The molecule has 8 heteroatoms. The number of thiazole rings is 1. The minimum Gasteiger partial charge on any atom is -0.465 e. The van der Waals surface area contributed by atoms with Gasteiger partial charge in [-0.1, -0.05) is 12.1 Å². The third kappa shape index (κ3) is 4.70. The quantitative estimate of drug-likeness (QED) is 0.557. The summed E-state index contributed by atoms with van der Waals surface area (Å²) in [4.78, 5) is 30.1. The summed E-state index contributed by atoms with van der Waals surface area (Å²) >= 11 is 3.19. The number of rotatable bonds is 7. The molecule has 3 rings (SSSR count). The lowest BCUT2D eigenvalue weighted by atomic mass is 10.2. The summed E-state index contributed by atoms with van der Waals surface area (Å²) in [7, 11) is 3.04. The zero-order chi connectivity index (χ0) is 19.4. The van der Waals surface area contributed by atoms with Gasteiger partial charge in [0.2, 0.25) is 5.91 Å². The molecule has 0 aliphatic heterocycles. The lowest BCUT2D eigenvalue weighted by molar-refractivity contribution is -0.127. The second-order valence-corrected chi connectivity index (χ2v) is 8.09. The predicted octanol–water partition coefficient (Wildman–Crippen LogP) is 3.88. The Morgan fingerprint density at radius 2 is 2.11 bits per heavy atom. The number of hydrogen-bond acceptors (Lipinski definition) is 7. The van der Waals surface area contributed by atoms with E-state index >= 15 is 0 Å². The number of para-hydroxylation sites is 1. The molecule has 142 valence electrons. The van der Waals surface area contributed by atoms with Crippen LogP contribution in [0.1, 0.15) is 26.9 Å². The number of aryl methyl sites for hydroxylation is 1. The fourth-order valence-corrected chi connectivity index (χ4v) is 4.56. The Bertz CT molecular complexity index is 931. The molecule has 0 N–H and O–H groups in total. The molecule has 27 heavy (non-hydrogen) atoms. The van der Waals surface area contributed by atoms with E-state index in [-0.39, 0.29) is 5.91 Å². The van der Waals surface area contributed by atoms with E-state index in [0.717, 1.165) is 15.2 Å². The van der Waals surface area contributed by atoms with Crippen LogP contribution in [-0.4, -0.2) is 41.7 Å². The Morgan fingerprint density at radius 1 is 1.33 bits per heavy atom. The molecule has 6 nitrogen and oxygen atoms in total. The number of nitrogens with zero attached hydrogens (tertiary/aromatic N) is 2. The number of carbonyl (C=O) groups is 2. The highest BCUT2D eigenvalue weighted by Gasteiger charge is 2.18. The molecule has 0 spiro atoms. The zero-order valence-corrected chi connectivity index (χ0v) is 17.0. The molecule has 0 saturated carbocycles. The SMILES string of the molecule is COC(=O)c1cc(CN(C)C(=O)CSCc2nc3ccccc3s2)oc1C. The normalized spacial score (nSPS) is 10.9. The molecule has 0 aliphatic rings. The largest absolute Gasteiger partial charge is 0.465 e. The van der Waals surface area contributed by atoms with Gasteiger partial charge in [0.25, 0.3) is 0 Å². The summed E-state index contributed by atoms with van der Waals surface area (Å²) in [5.41, 5.74) is 1.38. The monoisotopic (exact) mass is 404 g/mol. The van der Waals surface area contributed by atoms with Gasteiger partial charge in [0.05, 0.1) is 29.6 Å². The average Bonchev–Trinajstić information content (AvgIpc) is 3.23. The van der Waals surface area contributed by atoms with Gasteiger partial charge in [-0.15, -0.1) is 23.1 Å². The number of fused-ring (bicyclic) bond motifs is 1. The number of carbonyl (C=O) groups excluding carboxylic acids is 2. The van der Waals surface area contributed by atoms with E-state index in [1.807, 2.05) is 24.3 Å². The first-order valence-corrected chi connectivity index (χ1v) is 10.3. The third-order valence-electron chi connectivity index (χ3n) is 3.98. The smallest absolute Gasteiger partial charge is 0.341 e. The van der Waals surface area contributed by atoms with Crippen molar-refractivity contribution in [1.29, 1.82) is 0 Å². The van der Waals surface area contributed by atoms with Gasteiger partial charge in [0, 0.05) is 12.8 Å². The molecule has 0 saturated heterocycles. The molecular weight excluding hydrogens is 384 g/mol. The molecule has 2 aromatic heterocycles. The minimum atomic E-state index is -0.442. The summed E-state index contributed by atoms with van der Waals surface area (Å²) in [6, 6.07) is 9.64. The van der Waals surface area contributed by atoms with Gasteiger partial charge in [0.15, 0.2) is 0 Å². The fraction of sp³-hybridized carbons (Fsp3) is 0.316. The number of amides is 1. The van der Waals surface area contributed by atoms with E-state index in [1.54, 1.807) is 36.3 Å². The highest BCUT2D eigenvalue weighted by molar-refractivity contribution is 7.99. The van der Waals surface area contributed by atoms with Gasteiger partial charge in [0.1, 0.15) is 22.1 Å². The number of esters is 1. The number of hydrogen-bond donors (Lipinski definition) is 0. The number of thioether (sulfide) groups is 1. The third-order valence-corrected chi connectivity index (χ3v) is 6.13. The first-order valence-electron chi connectivity index (χ1n) is 8.31. The second-order valence-electron chi connectivity index (χ2n) is 5.99. The van der Waals surface area contributed by atoms with Crippen LogP contribution in [0.25, 0.3) is 10.2 Å². The molecular formula is C19H20N2O4S2. The van der Waals surface area contributed by atoms with Gasteiger partial charge in [-0.2, -0.15) is 0 Å². The summed E-state index contributed by atoms with van der Waals surface area (Å²) in [6.45, 7) is 2.00. The van der Waals surface area contributed by atoms with Crippen molar-refractivity contribution in [2.45, 2.75) is 19.2 Å². The van der Waals surface area contributed by atoms with Crippen molar-refractivity contribution >= 4 is 45.2 Å². The first-order chi connectivity index (χ1) is 13.0. The van der Waals surface area contributed by atoms with Crippen LogP contribution in [0.5, 0.6) is 0 Å². The van der Waals surface area contributed by atoms with E-state index in [0.29, 0.717) is 35.1 Å². The Kier molecular flexibility index (Phi) is 6.18. The average molecular weight is 405 g/mol. The Balaban J connectivity index is 1.51. The van der Waals surface area contributed by atoms with Gasteiger partial charge < -0.3 is 14.1 Å². The highest BCUT2D eigenvalue weighted by atomic mass is 32.2. The van der Waals surface area contributed by atoms with Gasteiger partial charge in [-0.25, -0.2) is 9.78 Å². The van der Waals surface area contributed by atoms with Crippen LogP contribution in [0, 0.1) is 6.92 Å². The van der Waals surface area contributed by atoms with Gasteiger partial charge in [-0.05, 0) is 25.1 Å². The van der Waals surface area contributed by atoms with Crippen LogP contribution in [0.3, 0.4) is 0 Å². The van der Waals surface area contributed by atoms with Crippen LogP contribution in [-0.2, 0) is 21.8 Å². The van der Waals surface area contributed by atoms with Crippen LogP contribution >= 0.6 is 23.1 Å². The molecule has 0 atom stereocenters. The van der Waals surface area contributed by atoms with E-state index < -0.39 is 5.97 Å². The molecule has 0 fully saturated rings. The molecule has 0 radical (unpaired) electrons. The lowest BCUT2D eigenvalue weighted by Crippen LogP contribution is -2.27. The van der Waals surface area contributed by atoms with Crippen molar-refractivity contribution in [2.24, 2.45) is 0 Å². The van der Waals surface area contributed by atoms with Crippen molar-refractivity contribution in [1.82, 2.24) is 9.88 Å². The number of ether oxygens (including phenoxy) is 1. The first kappa shape index (κ1) is 19.4. The fourth-order valence-electron chi connectivity index (χ4n) is 2.57. The maximum absolute atomic E-state index is 12.3. The van der Waals surface area contributed by atoms with Crippen LogP contribution in [0.2, 0.25) is 0 Å². The van der Waals surface area contributed by atoms with E-state index in [2.05, 4.69) is 4.98 Å². The second kappa shape index (κ2) is 8.58. The van der Waals surface area contributed by atoms with Crippen LogP contribution < -0.4 is 0 Å². The Morgan fingerprint density at radius 3 is 2.85 bits per heavy atom. The van der Waals surface area contributed by atoms with Crippen molar-refractivity contribution in [3.63, 3.8) is 0 Å². The van der Waals surface area contributed by atoms with E-state index in [1.165, 1.54) is 18.9 Å². The van der Waals surface area contributed by atoms with Gasteiger partial charge in [-0.3, -0.25) is 4.79 Å². The maximum Gasteiger partial charge on any atom is 0.341 e. The van der Waals surface area contributed by atoms with Crippen molar-refractivity contribution in [3.8, 4) is 0 Å². The standard InChI is InChI=1S/C19H20N2O4S2/c1-12-14(19(23)24-3)8-13(25-12)9-21(2)18(22)11-26-10-17-20-15-6-4-5-7-16(15)27-17/h4-8H,9-11H2,1-3H3. The molecule has 0 bridgehead atoms. The molecule has 3 aromatic rings. The number of aromatic nitrogens is 1. The summed E-state index contributed by atoms with van der Waals surface area (Å²) < 4.78 is 11.4. The molecule has 2 heterocycles. The summed E-state index contributed by atoms with van der Waals surface area (Å²) in [5, 5.41) is 1.01. The van der Waals surface area contributed by atoms with Crippen LogP contribution in [0.4, 0.5) is 0 Å². The molecule has 1 aromatic carbocycles. The van der Waals surface area contributed by atoms with Crippen molar-refractivity contribution in [3.05, 3.63) is 52.4 Å². The number of furan rings is 1. The van der Waals surface area contributed by atoms with Crippen molar-refractivity contribution < 1.29 is 18.7 Å². The lowest BCUT2D eigenvalue weighted by Gasteiger charge is -2.15. The topological polar surface area (TPSA) is 72.6 Å². The van der Waals surface area contributed by atoms with E-state index in [9.17, 15) is 9.59 Å². The highest BCUT2D eigenvalue weighted by Crippen LogP contribution is 2.25. The Labute approximate surface area is 165 Å². The number of methoxy groups -OCH3 is 1. The Hall–Kier alpha value is -2.32. The van der Waals surface area contributed by atoms with E-state index in [4.69, 9.17) is 9.15 Å². The molecule has 1 amide bonds. The number of benzene rings is 1. The van der Waals surface area contributed by atoms with Crippen LogP contribution in [0.15, 0.2) is 34.7 Å². The molecule has 0 unspecified atom stereocenters.